The molecular weight excluding hydrogens is 581 g/mol. The van der Waals surface area contributed by atoms with E-state index in [1.165, 1.54) is 43.8 Å². The molecule has 0 spiro atoms. The summed E-state index contributed by atoms with van der Waals surface area (Å²) in [6, 6.07) is 65.8. The molecule has 2 nitrogen and oxygen atoms in total. The number of rotatable bonds is 7. The van der Waals surface area contributed by atoms with Gasteiger partial charge in [-0.25, -0.2) is 0 Å². The summed E-state index contributed by atoms with van der Waals surface area (Å²) in [6.45, 7) is 4.26. The van der Waals surface area contributed by atoms with Crippen LogP contribution in [0.15, 0.2) is 182 Å². The van der Waals surface area contributed by atoms with Gasteiger partial charge in [-0.05, 0) is 96.4 Å². The molecule has 0 N–H and O–H groups in total. The summed E-state index contributed by atoms with van der Waals surface area (Å²) >= 11 is 0. The van der Waals surface area contributed by atoms with E-state index in [9.17, 15) is 0 Å². The molecule has 230 valence electrons. The van der Waals surface area contributed by atoms with E-state index in [0.717, 1.165) is 34.1 Å². The van der Waals surface area contributed by atoms with E-state index in [2.05, 4.69) is 206 Å². The van der Waals surface area contributed by atoms with E-state index in [0.29, 0.717) is 0 Å². The van der Waals surface area contributed by atoms with Crippen LogP contribution >= 0.6 is 0 Å². The van der Waals surface area contributed by atoms with Gasteiger partial charge < -0.3 is 9.80 Å². The van der Waals surface area contributed by atoms with Gasteiger partial charge in [0.2, 0.25) is 0 Å². The van der Waals surface area contributed by atoms with Crippen molar-refractivity contribution in [3.8, 4) is 11.1 Å². The fourth-order valence-corrected chi connectivity index (χ4v) is 6.66. The molecule has 0 saturated carbocycles. The van der Waals surface area contributed by atoms with Crippen LogP contribution in [0.25, 0.3) is 32.7 Å². The van der Waals surface area contributed by atoms with Crippen LogP contribution in [0.5, 0.6) is 0 Å². The molecule has 0 heterocycles. The average Bonchev–Trinajstić information content (AvgIpc) is 3.14. The number of hydrogen-bond acceptors (Lipinski definition) is 2. The highest BCUT2D eigenvalue weighted by atomic mass is 15.1. The van der Waals surface area contributed by atoms with E-state index >= 15 is 0 Å². The highest BCUT2D eigenvalue weighted by Crippen LogP contribution is 2.42. The Morgan fingerprint density at radius 2 is 0.625 bits per heavy atom. The fourth-order valence-electron chi connectivity index (χ4n) is 6.66. The Labute approximate surface area is 282 Å². The number of hydrogen-bond donors (Lipinski definition) is 0. The van der Waals surface area contributed by atoms with Gasteiger partial charge in [-0.3, -0.25) is 0 Å². The minimum Gasteiger partial charge on any atom is -0.311 e. The van der Waals surface area contributed by atoms with Gasteiger partial charge in [-0.1, -0.05) is 132 Å². The number of fused-ring (bicyclic) bond motifs is 2. The van der Waals surface area contributed by atoms with Gasteiger partial charge in [0, 0.05) is 33.5 Å². The Kier molecular flexibility index (Phi) is 7.68. The van der Waals surface area contributed by atoms with E-state index in [-0.39, 0.29) is 0 Å². The van der Waals surface area contributed by atoms with E-state index < -0.39 is 0 Å². The minimum absolute atomic E-state index is 1.12. The van der Waals surface area contributed by atoms with Gasteiger partial charge in [0.05, 0.1) is 11.4 Å². The molecule has 0 unspecified atom stereocenters. The predicted molar refractivity (Wildman–Crippen MR) is 206 cm³/mol. The highest BCUT2D eigenvalue weighted by molar-refractivity contribution is 6.04. The lowest BCUT2D eigenvalue weighted by Crippen LogP contribution is -2.11. The van der Waals surface area contributed by atoms with Gasteiger partial charge in [0.25, 0.3) is 0 Å². The molecule has 0 radical (unpaired) electrons. The molecule has 48 heavy (non-hydrogen) atoms. The summed E-state index contributed by atoms with van der Waals surface area (Å²) in [5, 5.41) is 4.89. The van der Waals surface area contributed by atoms with Crippen LogP contribution in [-0.2, 0) is 0 Å². The van der Waals surface area contributed by atoms with Crippen LogP contribution in [-0.4, -0.2) is 0 Å². The van der Waals surface area contributed by atoms with Crippen LogP contribution in [0.3, 0.4) is 0 Å². The van der Waals surface area contributed by atoms with Gasteiger partial charge in [-0.15, -0.1) is 0 Å². The van der Waals surface area contributed by atoms with Crippen LogP contribution in [0.4, 0.5) is 34.1 Å². The lowest BCUT2D eigenvalue weighted by atomic mass is 10.0. The highest BCUT2D eigenvalue weighted by Gasteiger charge is 2.18. The van der Waals surface area contributed by atoms with Crippen LogP contribution < -0.4 is 9.80 Å². The summed E-state index contributed by atoms with van der Waals surface area (Å²) in [5.41, 5.74) is 11.7. The first-order valence-electron chi connectivity index (χ1n) is 16.5. The normalized spacial score (nSPS) is 11.1. The van der Waals surface area contributed by atoms with Crippen LogP contribution in [0.1, 0.15) is 11.1 Å². The van der Waals surface area contributed by atoms with Crippen molar-refractivity contribution in [1.29, 1.82) is 0 Å². The zero-order valence-electron chi connectivity index (χ0n) is 27.2. The zero-order valence-corrected chi connectivity index (χ0v) is 27.2. The molecule has 0 saturated heterocycles. The fraction of sp³-hybridized carbons (Fsp3) is 0.0435. The Balaban J connectivity index is 1.18. The quantitative estimate of drug-likeness (QED) is 0.176. The van der Waals surface area contributed by atoms with E-state index in [4.69, 9.17) is 0 Å². The molecule has 8 rings (SSSR count). The van der Waals surface area contributed by atoms with Crippen molar-refractivity contribution in [3.63, 3.8) is 0 Å². The van der Waals surface area contributed by atoms with Crippen molar-refractivity contribution in [2.75, 3.05) is 9.80 Å². The Hall–Kier alpha value is -6.12. The number of nitrogens with zero attached hydrogens (tertiary/aromatic N) is 2. The standard InChI is InChI=1S/C46H36N2/c1-33-17-25-39(26-18-33)47(40-27-19-34(2)20-28-40)41-29-21-35(22-30-41)36-23-31-42(32-24-36)48(45-15-7-11-37-9-3-5-13-43(37)45)46-16-8-12-38-10-4-6-14-44(38)46/h3-32H,1-2H3. The topological polar surface area (TPSA) is 6.48 Å². The first kappa shape index (κ1) is 29.3. The number of anilines is 6. The summed E-state index contributed by atoms with van der Waals surface area (Å²) < 4.78 is 0. The van der Waals surface area contributed by atoms with Gasteiger partial charge >= 0.3 is 0 Å². The van der Waals surface area contributed by atoms with Crippen LogP contribution in [0, 0.1) is 13.8 Å². The second kappa shape index (κ2) is 12.6. The Morgan fingerprint density at radius 1 is 0.292 bits per heavy atom. The third-order valence-corrected chi connectivity index (χ3v) is 9.18. The molecule has 0 fully saturated rings. The van der Waals surface area contributed by atoms with Crippen LogP contribution in [0.2, 0.25) is 0 Å². The third kappa shape index (κ3) is 5.59. The smallest absolute Gasteiger partial charge is 0.0540 e. The Morgan fingerprint density at radius 3 is 1.04 bits per heavy atom. The van der Waals surface area contributed by atoms with Gasteiger partial charge in [0.1, 0.15) is 0 Å². The third-order valence-electron chi connectivity index (χ3n) is 9.18. The predicted octanol–water partition coefficient (Wildman–Crippen LogP) is 13.2. The molecule has 0 aliphatic carbocycles. The van der Waals surface area contributed by atoms with Crippen molar-refractivity contribution >= 4 is 55.7 Å². The van der Waals surface area contributed by atoms with Crippen molar-refractivity contribution in [2.24, 2.45) is 0 Å². The van der Waals surface area contributed by atoms with E-state index in [1.54, 1.807) is 0 Å². The second-order valence-corrected chi connectivity index (χ2v) is 12.4. The summed E-state index contributed by atoms with van der Waals surface area (Å²) in [7, 11) is 0. The summed E-state index contributed by atoms with van der Waals surface area (Å²) in [5.74, 6) is 0. The maximum absolute atomic E-state index is 2.40. The van der Waals surface area contributed by atoms with Crippen molar-refractivity contribution in [1.82, 2.24) is 0 Å². The molecule has 2 heteroatoms. The minimum atomic E-state index is 1.12. The molecule has 0 aliphatic rings. The summed E-state index contributed by atoms with van der Waals surface area (Å²) in [6.07, 6.45) is 0. The molecule has 0 aromatic heterocycles. The number of benzene rings is 8. The molecule has 0 bridgehead atoms. The van der Waals surface area contributed by atoms with Gasteiger partial charge in [-0.2, -0.15) is 0 Å². The lowest BCUT2D eigenvalue weighted by molar-refractivity contribution is 1.27. The van der Waals surface area contributed by atoms with Gasteiger partial charge in [0.15, 0.2) is 0 Å². The molecule has 0 atom stereocenters. The molecule has 8 aromatic rings. The maximum atomic E-state index is 2.40. The maximum Gasteiger partial charge on any atom is 0.0540 e. The first-order chi connectivity index (χ1) is 23.6. The van der Waals surface area contributed by atoms with Crippen molar-refractivity contribution in [2.45, 2.75) is 13.8 Å². The van der Waals surface area contributed by atoms with Crippen molar-refractivity contribution in [3.05, 3.63) is 193 Å². The molecular formula is C46H36N2. The molecule has 8 aromatic carbocycles. The zero-order chi connectivity index (χ0) is 32.5. The van der Waals surface area contributed by atoms with Crippen molar-refractivity contribution < 1.29 is 0 Å². The largest absolute Gasteiger partial charge is 0.311 e. The Bertz CT molecular complexity index is 2200. The SMILES string of the molecule is Cc1ccc(N(c2ccc(C)cc2)c2ccc(-c3ccc(N(c4cccc5ccccc45)c4cccc5ccccc45)cc3)cc2)cc1. The lowest BCUT2D eigenvalue weighted by Gasteiger charge is -2.28. The first-order valence-corrected chi connectivity index (χ1v) is 16.5. The van der Waals surface area contributed by atoms with E-state index in [1.807, 2.05) is 0 Å². The average molecular weight is 617 g/mol. The number of aryl methyl sites for hydroxylation is 2. The monoisotopic (exact) mass is 616 g/mol. The second-order valence-electron chi connectivity index (χ2n) is 12.4. The molecule has 0 aliphatic heterocycles. The molecule has 0 amide bonds. The summed E-state index contributed by atoms with van der Waals surface area (Å²) in [4.78, 5) is 4.72.